The Kier molecular flexibility index (Phi) is 10.9. The summed E-state index contributed by atoms with van der Waals surface area (Å²) in [6, 6.07) is 10.5. The average Bonchev–Trinajstić information content (AvgIpc) is 2.98. The van der Waals surface area contributed by atoms with Gasteiger partial charge in [-0.3, -0.25) is 9.69 Å². The molecule has 2 heterocycles. The first-order chi connectivity index (χ1) is 20.9. The third-order valence-electron chi connectivity index (χ3n) is 7.63. The van der Waals surface area contributed by atoms with Gasteiger partial charge in [-0.1, -0.05) is 25.8 Å². The van der Waals surface area contributed by atoms with Crippen LogP contribution in [0, 0.1) is 17.6 Å². The fraction of sp³-hybridized carbons (Fsp3) is 0.387. The number of ether oxygens (including phenoxy) is 1. The van der Waals surface area contributed by atoms with Crippen LogP contribution in [-0.2, 0) is 16.4 Å². The Morgan fingerprint density at radius 3 is 2.39 bits per heavy atom. The van der Waals surface area contributed by atoms with Crippen LogP contribution in [0.4, 0.5) is 19.3 Å². The number of unbranched alkanes of at least 4 members (excludes halogenated alkanes) is 1. The maximum atomic E-state index is 14.3. The fourth-order valence-corrected chi connectivity index (χ4v) is 5.85. The van der Waals surface area contributed by atoms with Gasteiger partial charge in [0.15, 0.2) is 9.84 Å². The molecule has 10 nitrogen and oxygen atoms in total. The lowest BCUT2D eigenvalue weighted by Crippen LogP contribution is -2.46. The number of pyridine rings is 1. The zero-order chi connectivity index (χ0) is 31.9. The number of nitrogens with one attached hydrogen (secondary N) is 2. The monoisotopic (exact) mass is 629 g/mol. The number of likely N-dealkylation sites (tertiary alicyclic amines) is 1. The van der Waals surface area contributed by atoms with E-state index < -0.39 is 39.0 Å². The fourth-order valence-electron chi connectivity index (χ4n) is 5.22. The highest BCUT2D eigenvalue weighted by molar-refractivity contribution is 7.90. The number of halogens is 2. The molecule has 1 atom stereocenters. The predicted molar refractivity (Wildman–Crippen MR) is 162 cm³/mol. The lowest BCUT2D eigenvalue weighted by Gasteiger charge is -2.36. The van der Waals surface area contributed by atoms with Crippen LogP contribution in [0.5, 0.6) is 11.6 Å². The van der Waals surface area contributed by atoms with Gasteiger partial charge in [-0.25, -0.2) is 27.0 Å². The molecular formula is C31H37F2N5O5S. The van der Waals surface area contributed by atoms with Crippen LogP contribution in [0.3, 0.4) is 0 Å². The van der Waals surface area contributed by atoms with E-state index in [1.54, 1.807) is 24.4 Å². The number of hydrogen-bond donors (Lipinski definition) is 3. The van der Waals surface area contributed by atoms with E-state index >= 15 is 0 Å². The zero-order valence-electron chi connectivity index (χ0n) is 24.7. The standard InChI is InChI=1S/C31H37F2N5O5S/c1-3-4-5-27(36-31(40)37-28-16-24(30(34)39)25(32)17-26(28)33)21-12-14-38(15-13-21)19-20-6-11-29(35-18-20)43-22-7-9-23(10-8-22)44(2,41)42/h6-11,16-18,21,27H,3-5,12-15,19H2,1-2H3,(H2,34,39)(H2,36,37,40). The summed E-state index contributed by atoms with van der Waals surface area (Å²) in [5.41, 5.74) is 5.34. The summed E-state index contributed by atoms with van der Waals surface area (Å²) in [5.74, 6) is -2.05. The van der Waals surface area contributed by atoms with Crippen molar-refractivity contribution in [2.45, 2.75) is 56.5 Å². The van der Waals surface area contributed by atoms with Gasteiger partial charge in [0, 0.05) is 37.2 Å². The van der Waals surface area contributed by atoms with Crippen LogP contribution in [0.15, 0.2) is 59.6 Å². The van der Waals surface area contributed by atoms with Gasteiger partial charge in [0.05, 0.1) is 16.1 Å². The lowest BCUT2D eigenvalue weighted by atomic mass is 9.86. The quantitative estimate of drug-likeness (QED) is 0.248. The van der Waals surface area contributed by atoms with Gasteiger partial charge in [0.2, 0.25) is 5.88 Å². The van der Waals surface area contributed by atoms with Gasteiger partial charge < -0.3 is 21.1 Å². The first-order valence-electron chi connectivity index (χ1n) is 14.4. The van der Waals surface area contributed by atoms with Gasteiger partial charge in [-0.15, -0.1) is 0 Å². The Morgan fingerprint density at radius 2 is 1.80 bits per heavy atom. The Labute approximate surface area is 255 Å². The minimum atomic E-state index is -3.28. The molecule has 0 bridgehead atoms. The van der Waals surface area contributed by atoms with Crippen molar-refractivity contribution in [3.63, 3.8) is 0 Å². The molecular weight excluding hydrogens is 592 g/mol. The summed E-state index contributed by atoms with van der Waals surface area (Å²) < 4.78 is 57.1. The second kappa shape index (κ2) is 14.6. The molecule has 4 rings (SSSR count). The first-order valence-corrected chi connectivity index (χ1v) is 16.3. The molecule has 1 unspecified atom stereocenters. The summed E-state index contributed by atoms with van der Waals surface area (Å²) in [5, 5.41) is 5.36. The number of rotatable bonds is 12. The number of aromatic nitrogens is 1. The average molecular weight is 630 g/mol. The van der Waals surface area contributed by atoms with Crippen LogP contribution in [0.2, 0.25) is 0 Å². The zero-order valence-corrected chi connectivity index (χ0v) is 25.5. The number of nitrogens with zero attached hydrogens (tertiary/aromatic N) is 2. The molecule has 3 aromatic rings. The van der Waals surface area contributed by atoms with Crippen LogP contribution in [0.25, 0.3) is 0 Å². The van der Waals surface area contributed by atoms with Crippen molar-refractivity contribution in [1.29, 1.82) is 0 Å². The highest BCUT2D eigenvalue weighted by Crippen LogP contribution is 2.27. The summed E-state index contributed by atoms with van der Waals surface area (Å²) in [6.07, 6.45) is 7.22. The predicted octanol–water partition coefficient (Wildman–Crippen LogP) is 5.25. The maximum Gasteiger partial charge on any atom is 0.319 e. The summed E-state index contributed by atoms with van der Waals surface area (Å²) >= 11 is 0. The number of hydrogen-bond acceptors (Lipinski definition) is 7. The number of urea groups is 1. The van der Waals surface area contributed by atoms with E-state index in [9.17, 15) is 26.8 Å². The van der Waals surface area contributed by atoms with Gasteiger partial charge in [-0.2, -0.15) is 0 Å². The van der Waals surface area contributed by atoms with Gasteiger partial charge in [-0.05, 0) is 74.2 Å². The number of anilines is 1. The van der Waals surface area contributed by atoms with Crippen molar-refractivity contribution in [3.8, 4) is 11.6 Å². The Hall–Kier alpha value is -4.10. The molecule has 1 saturated heterocycles. The molecule has 1 aliphatic heterocycles. The number of piperidine rings is 1. The van der Waals surface area contributed by atoms with Crippen molar-refractivity contribution in [3.05, 3.63) is 77.5 Å². The van der Waals surface area contributed by atoms with E-state index in [1.165, 1.54) is 12.1 Å². The molecule has 44 heavy (non-hydrogen) atoms. The van der Waals surface area contributed by atoms with E-state index in [4.69, 9.17) is 10.5 Å². The number of nitrogens with two attached hydrogens (primary N) is 1. The minimum absolute atomic E-state index is 0.138. The largest absolute Gasteiger partial charge is 0.439 e. The highest BCUT2D eigenvalue weighted by Gasteiger charge is 2.28. The van der Waals surface area contributed by atoms with Crippen LogP contribution in [-0.4, -0.2) is 55.6 Å². The normalized spacial score (nSPS) is 15.0. The maximum absolute atomic E-state index is 14.3. The SMILES string of the molecule is CCCCC(NC(=O)Nc1cc(C(N)=O)c(F)cc1F)C1CCN(Cc2ccc(Oc3ccc(S(C)(=O)=O)cc3)nc2)CC1. The number of amides is 3. The molecule has 0 spiro atoms. The van der Waals surface area contributed by atoms with Crippen molar-refractivity contribution in [2.24, 2.45) is 11.7 Å². The topological polar surface area (TPSA) is 144 Å². The molecule has 0 aliphatic carbocycles. The Morgan fingerprint density at radius 1 is 1.09 bits per heavy atom. The van der Waals surface area contributed by atoms with Crippen LogP contribution in [0.1, 0.15) is 54.9 Å². The molecule has 1 fully saturated rings. The summed E-state index contributed by atoms with van der Waals surface area (Å²) in [4.78, 5) is 31.2. The third-order valence-corrected chi connectivity index (χ3v) is 8.76. The second-order valence-corrected chi connectivity index (χ2v) is 13.0. The number of carbonyl (C=O) groups is 2. The molecule has 236 valence electrons. The van der Waals surface area contributed by atoms with Crippen molar-refractivity contribution >= 4 is 27.5 Å². The molecule has 13 heteroatoms. The molecule has 2 aromatic carbocycles. The highest BCUT2D eigenvalue weighted by atomic mass is 32.2. The Bertz CT molecular complexity index is 1560. The molecule has 1 aromatic heterocycles. The summed E-state index contributed by atoms with van der Waals surface area (Å²) in [7, 11) is -3.28. The molecule has 1 aliphatic rings. The number of carbonyl (C=O) groups excluding carboxylic acids is 2. The first kappa shape index (κ1) is 32.8. The minimum Gasteiger partial charge on any atom is -0.439 e. The molecule has 4 N–H and O–H groups in total. The van der Waals surface area contributed by atoms with E-state index in [2.05, 4.69) is 27.4 Å². The van der Waals surface area contributed by atoms with Crippen molar-refractivity contribution in [1.82, 2.24) is 15.2 Å². The van der Waals surface area contributed by atoms with Crippen LogP contribution >= 0.6 is 0 Å². The second-order valence-electron chi connectivity index (χ2n) is 11.0. The van der Waals surface area contributed by atoms with Crippen molar-refractivity contribution in [2.75, 3.05) is 24.7 Å². The van der Waals surface area contributed by atoms with E-state index in [0.29, 0.717) is 24.2 Å². The number of sulfone groups is 1. The number of benzene rings is 2. The van der Waals surface area contributed by atoms with Crippen LogP contribution < -0.4 is 21.1 Å². The lowest BCUT2D eigenvalue weighted by molar-refractivity contribution is 0.0996. The Balaban J connectivity index is 1.29. The molecule has 3 amide bonds. The van der Waals surface area contributed by atoms with Gasteiger partial charge >= 0.3 is 6.03 Å². The summed E-state index contributed by atoms with van der Waals surface area (Å²) in [6.45, 7) is 4.40. The van der Waals surface area contributed by atoms with Crippen molar-refractivity contribution < 1.29 is 31.5 Å². The van der Waals surface area contributed by atoms with E-state index in [1.807, 2.05) is 6.07 Å². The van der Waals surface area contributed by atoms with E-state index in [0.717, 1.165) is 63.1 Å². The van der Waals surface area contributed by atoms with Gasteiger partial charge in [0.1, 0.15) is 17.4 Å². The molecule has 0 radical (unpaired) electrons. The smallest absolute Gasteiger partial charge is 0.319 e. The third kappa shape index (κ3) is 8.96. The van der Waals surface area contributed by atoms with Gasteiger partial charge in [0.25, 0.3) is 5.91 Å². The number of primary amides is 1. The molecule has 0 saturated carbocycles. The van der Waals surface area contributed by atoms with E-state index in [-0.39, 0.29) is 22.5 Å².